The Bertz CT molecular complexity index is 1140. The lowest BCUT2D eigenvalue weighted by Gasteiger charge is -2.13. The fourth-order valence-electron chi connectivity index (χ4n) is 3.05. The van der Waals surface area contributed by atoms with E-state index in [1.165, 1.54) is 6.26 Å². The van der Waals surface area contributed by atoms with Crippen LogP contribution in [0.15, 0.2) is 28.3 Å². The second-order valence-corrected chi connectivity index (χ2v) is 8.02. The Labute approximate surface area is 170 Å². The van der Waals surface area contributed by atoms with Gasteiger partial charge in [-0.2, -0.15) is 15.1 Å². The van der Waals surface area contributed by atoms with E-state index in [-0.39, 0.29) is 23.0 Å². The number of nitrogens with zero attached hydrogens (tertiary/aromatic N) is 4. The first-order valence-corrected chi connectivity index (χ1v) is 10.4. The molecule has 29 heavy (non-hydrogen) atoms. The summed E-state index contributed by atoms with van der Waals surface area (Å²) in [4.78, 5) is 36.4. The van der Waals surface area contributed by atoms with Crippen molar-refractivity contribution in [1.82, 2.24) is 30.0 Å². The van der Waals surface area contributed by atoms with Crippen LogP contribution in [0.5, 0.6) is 0 Å². The molecule has 0 saturated heterocycles. The number of aromatic nitrogens is 5. The summed E-state index contributed by atoms with van der Waals surface area (Å²) in [5, 5.41) is 6.92. The fourth-order valence-corrected chi connectivity index (χ4v) is 3.49. The standard InChI is InChI=1S/C19H22N6O3S/c1-10-8-11(2)22-17(26)13(10)9-20-18(27)16-12(3)15(14-6-7-21-25(14)4)23-19(24-16)29(5)28/h6-8H,9H2,1-5H3,(H,20,27)(H,22,26). The maximum Gasteiger partial charge on any atom is 0.343 e. The second-order valence-electron chi connectivity index (χ2n) is 6.75. The molecule has 0 saturated carbocycles. The minimum Gasteiger partial charge on any atom is -0.609 e. The molecule has 0 bridgehead atoms. The highest BCUT2D eigenvalue weighted by Gasteiger charge is 2.23. The SMILES string of the molecule is Cc1cc(C)c(CNC(=O)c2nc([S+](C)[O-])nc(-c3ccnn3C)c2C)c(=O)[nH]1. The van der Waals surface area contributed by atoms with Gasteiger partial charge in [-0.25, -0.2) is 0 Å². The van der Waals surface area contributed by atoms with Gasteiger partial charge in [0.1, 0.15) is 17.6 Å². The zero-order valence-electron chi connectivity index (χ0n) is 16.9. The lowest BCUT2D eigenvalue weighted by molar-refractivity contribution is 0.0944. The Morgan fingerprint density at radius 1 is 1.31 bits per heavy atom. The molecule has 0 aliphatic rings. The van der Waals surface area contributed by atoms with Crippen LogP contribution in [-0.4, -0.2) is 41.4 Å². The van der Waals surface area contributed by atoms with Gasteiger partial charge in [0.2, 0.25) is 0 Å². The minimum atomic E-state index is -1.48. The monoisotopic (exact) mass is 414 g/mol. The molecule has 0 aliphatic carbocycles. The summed E-state index contributed by atoms with van der Waals surface area (Å²) >= 11 is -1.48. The molecular formula is C19H22N6O3S. The van der Waals surface area contributed by atoms with E-state index < -0.39 is 17.1 Å². The van der Waals surface area contributed by atoms with Gasteiger partial charge in [0.15, 0.2) is 0 Å². The topological polar surface area (TPSA) is 129 Å². The summed E-state index contributed by atoms with van der Waals surface area (Å²) in [5.41, 5.74) is 3.59. The molecular weight excluding hydrogens is 392 g/mol. The maximum absolute atomic E-state index is 12.9. The Morgan fingerprint density at radius 3 is 2.62 bits per heavy atom. The van der Waals surface area contributed by atoms with E-state index in [0.29, 0.717) is 22.5 Å². The second kappa shape index (κ2) is 8.18. The van der Waals surface area contributed by atoms with Gasteiger partial charge in [0.25, 0.3) is 11.5 Å². The predicted molar refractivity (Wildman–Crippen MR) is 109 cm³/mol. The first kappa shape index (κ1) is 20.7. The van der Waals surface area contributed by atoms with Crippen LogP contribution in [0.4, 0.5) is 0 Å². The number of hydrogen-bond acceptors (Lipinski definition) is 6. The molecule has 0 radical (unpaired) electrons. The summed E-state index contributed by atoms with van der Waals surface area (Å²) < 4.78 is 13.6. The molecule has 3 rings (SSSR count). The third-order valence-corrected chi connectivity index (χ3v) is 5.28. The van der Waals surface area contributed by atoms with Gasteiger partial charge in [0.05, 0.1) is 5.69 Å². The van der Waals surface area contributed by atoms with Crippen molar-refractivity contribution in [3.05, 3.63) is 56.8 Å². The molecule has 152 valence electrons. The van der Waals surface area contributed by atoms with Crippen LogP contribution in [0.25, 0.3) is 11.4 Å². The maximum atomic E-state index is 12.9. The number of pyridine rings is 1. The molecule has 0 aromatic carbocycles. The summed E-state index contributed by atoms with van der Waals surface area (Å²) in [6, 6.07) is 3.60. The van der Waals surface area contributed by atoms with Gasteiger partial charge in [0, 0.05) is 47.8 Å². The fraction of sp³-hybridized carbons (Fsp3) is 0.316. The Balaban J connectivity index is 1.97. The summed E-state index contributed by atoms with van der Waals surface area (Å²) in [6.07, 6.45) is 3.07. The van der Waals surface area contributed by atoms with E-state index in [2.05, 4.69) is 25.4 Å². The first-order chi connectivity index (χ1) is 13.7. The van der Waals surface area contributed by atoms with E-state index in [9.17, 15) is 14.1 Å². The van der Waals surface area contributed by atoms with Crippen molar-refractivity contribution in [2.45, 2.75) is 32.5 Å². The molecule has 0 spiro atoms. The number of H-pyrrole nitrogens is 1. The smallest absolute Gasteiger partial charge is 0.343 e. The van der Waals surface area contributed by atoms with Crippen LogP contribution in [0, 0.1) is 20.8 Å². The number of rotatable bonds is 5. The van der Waals surface area contributed by atoms with E-state index >= 15 is 0 Å². The van der Waals surface area contributed by atoms with Crippen molar-refractivity contribution in [2.75, 3.05) is 6.26 Å². The molecule has 3 aromatic heterocycles. The van der Waals surface area contributed by atoms with Crippen molar-refractivity contribution < 1.29 is 9.35 Å². The lowest BCUT2D eigenvalue weighted by Crippen LogP contribution is -2.30. The van der Waals surface area contributed by atoms with Gasteiger partial charge >= 0.3 is 5.16 Å². The normalized spacial score (nSPS) is 12.1. The van der Waals surface area contributed by atoms with Crippen LogP contribution < -0.4 is 10.9 Å². The molecule has 3 heterocycles. The molecule has 3 aromatic rings. The van der Waals surface area contributed by atoms with Crippen molar-refractivity contribution in [2.24, 2.45) is 7.05 Å². The highest BCUT2D eigenvalue weighted by Crippen LogP contribution is 2.24. The number of hydrogen-bond donors (Lipinski definition) is 2. The molecule has 1 atom stereocenters. The Morgan fingerprint density at radius 2 is 2.03 bits per heavy atom. The van der Waals surface area contributed by atoms with Crippen molar-refractivity contribution in [1.29, 1.82) is 0 Å². The predicted octanol–water partition coefficient (Wildman–Crippen LogP) is 1.16. The number of aryl methyl sites for hydroxylation is 3. The van der Waals surface area contributed by atoms with Crippen molar-refractivity contribution >= 4 is 17.1 Å². The van der Waals surface area contributed by atoms with E-state index in [1.807, 2.05) is 13.0 Å². The highest BCUT2D eigenvalue weighted by atomic mass is 32.2. The molecule has 0 fully saturated rings. The summed E-state index contributed by atoms with van der Waals surface area (Å²) in [6.45, 7) is 5.39. The van der Waals surface area contributed by atoms with E-state index in [4.69, 9.17) is 0 Å². The number of aromatic amines is 1. The molecule has 1 amide bonds. The van der Waals surface area contributed by atoms with Crippen LogP contribution in [0.2, 0.25) is 0 Å². The average molecular weight is 414 g/mol. The van der Waals surface area contributed by atoms with Crippen molar-refractivity contribution in [3.63, 3.8) is 0 Å². The third kappa shape index (κ3) is 4.22. The summed E-state index contributed by atoms with van der Waals surface area (Å²) in [7, 11) is 1.76. The van der Waals surface area contributed by atoms with Gasteiger partial charge in [-0.15, -0.1) is 0 Å². The van der Waals surface area contributed by atoms with Crippen LogP contribution in [0.3, 0.4) is 0 Å². The van der Waals surface area contributed by atoms with Gasteiger partial charge in [-0.3, -0.25) is 14.3 Å². The first-order valence-electron chi connectivity index (χ1n) is 8.87. The zero-order chi connectivity index (χ0) is 21.3. The quantitative estimate of drug-likeness (QED) is 0.476. The number of carbonyl (C=O) groups is 1. The molecule has 2 N–H and O–H groups in total. The third-order valence-electron chi connectivity index (χ3n) is 4.58. The minimum absolute atomic E-state index is 0.0509. The van der Waals surface area contributed by atoms with E-state index in [0.717, 1.165) is 11.3 Å². The molecule has 1 unspecified atom stereocenters. The Kier molecular flexibility index (Phi) is 5.85. The van der Waals surface area contributed by atoms with Crippen LogP contribution >= 0.6 is 0 Å². The zero-order valence-corrected chi connectivity index (χ0v) is 17.7. The van der Waals surface area contributed by atoms with Crippen LogP contribution in [-0.2, 0) is 24.8 Å². The molecule has 9 nitrogen and oxygen atoms in total. The molecule has 10 heteroatoms. The average Bonchev–Trinajstić information content (AvgIpc) is 3.06. The van der Waals surface area contributed by atoms with Gasteiger partial charge in [-0.05, 0) is 38.5 Å². The highest BCUT2D eigenvalue weighted by molar-refractivity contribution is 7.90. The number of amides is 1. The summed E-state index contributed by atoms with van der Waals surface area (Å²) in [5.74, 6) is -0.473. The van der Waals surface area contributed by atoms with Gasteiger partial charge in [-0.1, -0.05) is 0 Å². The lowest BCUT2D eigenvalue weighted by atomic mass is 10.1. The van der Waals surface area contributed by atoms with Crippen LogP contribution in [0.1, 0.15) is 32.9 Å². The van der Waals surface area contributed by atoms with E-state index in [1.54, 1.807) is 37.8 Å². The largest absolute Gasteiger partial charge is 0.609 e. The van der Waals surface area contributed by atoms with Crippen molar-refractivity contribution in [3.8, 4) is 11.4 Å². The molecule has 0 aliphatic heterocycles. The number of carbonyl (C=O) groups excluding carboxylic acids is 1. The van der Waals surface area contributed by atoms with Gasteiger partial charge < -0.3 is 14.9 Å². The number of nitrogens with one attached hydrogen (secondary N) is 2. The Hall–Kier alpha value is -2.98.